The Bertz CT molecular complexity index is 676. The number of hydrogen-bond donors (Lipinski definition) is 0. The van der Waals surface area contributed by atoms with Crippen LogP contribution < -0.4 is 4.74 Å². The van der Waals surface area contributed by atoms with Gasteiger partial charge >= 0.3 is 0 Å². The van der Waals surface area contributed by atoms with Crippen LogP contribution in [0, 0.1) is 24.6 Å². The van der Waals surface area contributed by atoms with Gasteiger partial charge < -0.3 is 4.74 Å². The number of aromatic nitrogens is 1. The van der Waals surface area contributed by atoms with Gasteiger partial charge in [-0.05, 0) is 31.2 Å². The summed E-state index contributed by atoms with van der Waals surface area (Å²) in [4.78, 5) is 4.34. The first-order chi connectivity index (χ1) is 10.2. The molecule has 1 aromatic heterocycles. The van der Waals surface area contributed by atoms with Gasteiger partial charge in [-0.3, -0.25) is 4.98 Å². The van der Waals surface area contributed by atoms with Crippen LogP contribution in [0.5, 0.6) is 5.75 Å². The molecule has 2 aromatic rings. The maximum atomic E-state index is 13.4. The van der Waals surface area contributed by atoms with Crippen molar-refractivity contribution in [3.8, 4) is 17.6 Å². The van der Waals surface area contributed by atoms with Crippen molar-refractivity contribution >= 4 is 11.6 Å². The minimum Gasteiger partial charge on any atom is -0.486 e. The number of alkyl halides is 1. The molecule has 0 fully saturated rings. The van der Waals surface area contributed by atoms with E-state index in [4.69, 9.17) is 16.3 Å². The zero-order valence-corrected chi connectivity index (χ0v) is 12.5. The normalized spacial score (nSPS) is 9.86. The third-order valence-electron chi connectivity index (χ3n) is 2.71. The summed E-state index contributed by atoms with van der Waals surface area (Å²) in [6, 6.07) is 9.99. The predicted octanol–water partition coefficient (Wildman–Crippen LogP) is 4.09. The third kappa shape index (κ3) is 4.77. The summed E-state index contributed by atoms with van der Waals surface area (Å²) in [5, 5.41) is 0. The molecule has 0 atom stereocenters. The molecule has 108 valence electrons. The molecular formula is C17H15ClFNO. The molecule has 0 saturated heterocycles. The Morgan fingerprint density at radius 2 is 2.14 bits per heavy atom. The highest BCUT2D eigenvalue weighted by molar-refractivity contribution is 6.18. The van der Waals surface area contributed by atoms with E-state index in [0.29, 0.717) is 23.6 Å². The van der Waals surface area contributed by atoms with E-state index in [2.05, 4.69) is 16.8 Å². The minimum absolute atomic E-state index is 0.273. The van der Waals surface area contributed by atoms with Crippen molar-refractivity contribution in [2.24, 2.45) is 0 Å². The molecule has 1 heterocycles. The van der Waals surface area contributed by atoms with Gasteiger partial charge in [0.25, 0.3) is 0 Å². The van der Waals surface area contributed by atoms with Crippen molar-refractivity contribution in [2.75, 3.05) is 5.88 Å². The van der Waals surface area contributed by atoms with Crippen LogP contribution in [0.4, 0.5) is 4.39 Å². The fraction of sp³-hybridized carbons (Fsp3) is 0.235. The Hall–Kier alpha value is -2.05. The fourth-order valence-corrected chi connectivity index (χ4v) is 1.85. The van der Waals surface area contributed by atoms with Gasteiger partial charge in [0.15, 0.2) is 0 Å². The Morgan fingerprint density at radius 3 is 2.90 bits per heavy atom. The standard InChI is InChI=1S/C17H15ClFNO/c1-13-5-4-7-16(20-13)12-21-17-11-15(19)9-8-14(17)6-2-3-10-18/h4-5,7-9,11H,3,10,12H2,1H3. The number of benzene rings is 1. The average molecular weight is 304 g/mol. The Morgan fingerprint density at radius 1 is 1.29 bits per heavy atom. The molecule has 4 heteroatoms. The predicted molar refractivity (Wildman–Crippen MR) is 81.9 cm³/mol. The molecule has 0 saturated carbocycles. The molecule has 0 amide bonds. The van der Waals surface area contributed by atoms with E-state index in [9.17, 15) is 4.39 Å². The SMILES string of the molecule is Cc1cccc(COc2cc(F)ccc2C#CCCCl)n1. The molecule has 0 aliphatic heterocycles. The van der Waals surface area contributed by atoms with Gasteiger partial charge in [0.2, 0.25) is 0 Å². The summed E-state index contributed by atoms with van der Waals surface area (Å²) in [5.41, 5.74) is 2.35. The zero-order valence-electron chi connectivity index (χ0n) is 11.7. The molecule has 0 spiro atoms. The smallest absolute Gasteiger partial charge is 0.138 e. The molecule has 0 unspecified atom stereocenters. The molecule has 0 bridgehead atoms. The Labute approximate surface area is 128 Å². The van der Waals surface area contributed by atoms with Crippen LogP contribution in [0.15, 0.2) is 36.4 Å². The van der Waals surface area contributed by atoms with Gasteiger partial charge in [-0.2, -0.15) is 0 Å². The van der Waals surface area contributed by atoms with Crippen molar-refractivity contribution in [1.82, 2.24) is 4.98 Å². The molecular weight excluding hydrogens is 289 g/mol. The molecule has 1 aromatic carbocycles. The summed E-state index contributed by atoms with van der Waals surface area (Å²) in [6.07, 6.45) is 0.581. The van der Waals surface area contributed by atoms with E-state index in [0.717, 1.165) is 11.4 Å². The second-order valence-electron chi connectivity index (χ2n) is 4.44. The van der Waals surface area contributed by atoms with Gasteiger partial charge in [-0.15, -0.1) is 11.6 Å². The van der Waals surface area contributed by atoms with Gasteiger partial charge in [0.1, 0.15) is 18.2 Å². The lowest BCUT2D eigenvalue weighted by atomic mass is 10.2. The number of halogens is 2. The fourth-order valence-electron chi connectivity index (χ4n) is 1.76. The van der Waals surface area contributed by atoms with Crippen LogP contribution in [-0.2, 0) is 6.61 Å². The topological polar surface area (TPSA) is 22.1 Å². The first-order valence-corrected chi connectivity index (χ1v) is 7.12. The van der Waals surface area contributed by atoms with Crippen LogP contribution in [-0.4, -0.2) is 10.9 Å². The third-order valence-corrected chi connectivity index (χ3v) is 2.90. The van der Waals surface area contributed by atoms with Crippen molar-refractivity contribution < 1.29 is 9.13 Å². The van der Waals surface area contributed by atoms with E-state index in [1.807, 2.05) is 25.1 Å². The number of hydrogen-bond acceptors (Lipinski definition) is 2. The van der Waals surface area contributed by atoms with Crippen molar-refractivity contribution in [3.63, 3.8) is 0 Å². The van der Waals surface area contributed by atoms with Gasteiger partial charge in [-0.25, -0.2) is 4.39 Å². The number of ether oxygens (including phenoxy) is 1. The molecule has 0 aliphatic rings. The minimum atomic E-state index is -0.356. The Kier molecular flexibility index (Phi) is 5.59. The summed E-state index contributed by atoms with van der Waals surface area (Å²) in [7, 11) is 0. The summed E-state index contributed by atoms with van der Waals surface area (Å²) >= 11 is 5.59. The van der Waals surface area contributed by atoms with Crippen LogP contribution in [0.1, 0.15) is 23.4 Å². The monoisotopic (exact) mass is 303 g/mol. The van der Waals surface area contributed by atoms with E-state index in [1.54, 1.807) is 6.07 Å². The average Bonchev–Trinajstić information content (AvgIpc) is 2.47. The van der Waals surface area contributed by atoms with Gasteiger partial charge in [-0.1, -0.05) is 17.9 Å². The maximum absolute atomic E-state index is 13.4. The second kappa shape index (κ2) is 7.66. The summed E-state index contributed by atoms with van der Waals surface area (Å²) in [5.74, 6) is 6.39. The van der Waals surface area contributed by atoms with Crippen LogP contribution in [0.3, 0.4) is 0 Å². The number of pyridine rings is 1. The molecule has 0 N–H and O–H groups in total. The lowest BCUT2D eigenvalue weighted by Gasteiger charge is -2.08. The van der Waals surface area contributed by atoms with Crippen LogP contribution in [0.25, 0.3) is 0 Å². The number of aryl methyl sites for hydroxylation is 1. The summed E-state index contributed by atoms with van der Waals surface area (Å²) < 4.78 is 19.0. The summed E-state index contributed by atoms with van der Waals surface area (Å²) in [6.45, 7) is 2.18. The Balaban J connectivity index is 2.15. The highest BCUT2D eigenvalue weighted by Gasteiger charge is 2.05. The second-order valence-corrected chi connectivity index (χ2v) is 4.82. The number of nitrogens with zero attached hydrogens (tertiary/aromatic N) is 1. The van der Waals surface area contributed by atoms with Gasteiger partial charge in [0.05, 0.1) is 11.3 Å². The van der Waals surface area contributed by atoms with Crippen molar-refractivity contribution in [2.45, 2.75) is 20.0 Å². The van der Waals surface area contributed by atoms with Crippen molar-refractivity contribution in [1.29, 1.82) is 0 Å². The maximum Gasteiger partial charge on any atom is 0.138 e. The first kappa shape index (κ1) is 15.3. The van der Waals surface area contributed by atoms with Gasteiger partial charge in [0, 0.05) is 24.1 Å². The van der Waals surface area contributed by atoms with Crippen LogP contribution in [0.2, 0.25) is 0 Å². The highest BCUT2D eigenvalue weighted by Crippen LogP contribution is 2.20. The molecule has 21 heavy (non-hydrogen) atoms. The zero-order chi connectivity index (χ0) is 15.1. The molecule has 2 rings (SSSR count). The molecule has 0 radical (unpaired) electrons. The van der Waals surface area contributed by atoms with Crippen LogP contribution >= 0.6 is 11.6 Å². The quantitative estimate of drug-likeness (QED) is 0.627. The van der Waals surface area contributed by atoms with E-state index in [1.165, 1.54) is 12.1 Å². The largest absolute Gasteiger partial charge is 0.486 e. The van der Waals surface area contributed by atoms with Crippen molar-refractivity contribution in [3.05, 3.63) is 59.2 Å². The lowest BCUT2D eigenvalue weighted by Crippen LogP contribution is -2.00. The lowest BCUT2D eigenvalue weighted by molar-refractivity contribution is 0.298. The molecule has 2 nitrogen and oxygen atoms in total. The van der Waals surface area contributed by atoms with E-state index >= 15 is 0 Å². The molecule has 0 aliphatic carbocycles. The highest BCUT2D eigenvalue weighted by atomic mass is 35.5. The first-order valence-electron chi connectivity index (χ1n) is 6.59. The van der Waals surface area contributed by atoms with E-state index < -0.39 is 0 Å². The number of rotatable bonds is 4. The van der Waals surface area contributed by atoms with E-state index in [-0.39, 0.29) is 12.4 Å².